The molecule has 0 spiro atoms. The lowest BCUT2D eigenvalue weighted by molar-refractivity contribution is -0.131. The number of nitrogens with two attached hydrogens (primary N) is 1. The van der Waals surface area contributed by atoms with E-state index in [1.807, 2.05) is 41.4 Å². The van der Waals surface area contributed by atoms with Crippen molar-refractivity contribution in [1.82, 2.24) is 30.4 Å². The van der Waals surface area contributed by atoms with Gasteiger partial charge in [0.05, 0.1) is 6.04 Å². The fraction of sp³-hybridized carbons (Fsp3) is 0.537. The van der Waals surface area contributed by atoms with Crippen LogP contribution in [-0.2, 0) is 14.4 Å². The number of unbranched alkanes of at least 4 members (excludes halogenated alkanes) is 4. The average Bonchev–Trinajstić information content (AvgIpc) is 3.58. The summed E-state index contributed by atoms with van der Waals surface area (Å²) in [5.74, 6) is 1.94. The average molecular weight is 836 g/mol. The molecule has 0 aliphatic carbocycles. The molecule has 1 saturated heterocycles. The highest BCUT2D eigenvalue weighted by atomic mass is 32.2. The van der Waals surface area contributed by atoms with Crippen molar-refractivity contribution in [3.63, 3.8) is 0 Å². The molecule has 17 heteroatoms. The van der Waals surface area contributed by atoms with Crippen LogP contribution in [0.2, 0.25) is 0 Å². The first-order valence-corrected chi connectivity index (χ1v) is 21.8. The highest BCUT2D eigenvalue weighted by molar-refractivity contribution is 8.00. The van der Waals surface area contributed by atoms with E-state index in [9.17, 15) is 19.2 Å². The quantitative estimate of drug-likeness (QED) is 0.0274. The summed E-state index contributed by atoms with van der Waals surface area (Å²) in [5.41, 5.74) is 9.09. The Labute approximate surface area is 352 Å². The minimum Gasteiger partial charge on any atom is -0.368 e. The molecule has 1 aromatic heterocycles. The molecule has 2 aliphatic heterocycles. The molecular weight excluding hydrogens is 775 g/mol. The SMILES string of the molecule is CNC(=O)N(/C=C\C=S)CCCCCN(CCCCC1Nc2ncnc(NCC/C(C)=C/Nc3ccccc3)c2NC1=O)C(=O)CCCCC1SCC(NC=O)C1N. The van der Waals surface area contributed by atoms with Gasteiger partial charge in [-0.05, 0) is 89.1 Å². The van der Waals surface area contributed by atoms with Crippen molar-refractivity contribution in [3.8, 4) is 0 Å². The van der Waals surface area contributed by atoms with Gasteiger partial charge in [-0.1, -0.05) is 42.4 Å². The Hall–Kier alpha value is -4.74. The fourth-order valence-electron chi connectivity index (χ4n) is 6.89. The van der Waals surface area contributed by atoms with Gasteiger partial charge in [-0.25, -0.2) is 14.8 Å². The Bertz CT molecular complexity index is 1680. The zero-order valence-electron chi connectivity index (χ0n) is 33.8. The molecule has 15 nitrogen and oxygen atoms in total. The van der Waals surface area contributed by atoms with Crippen LogP contribution in [0.15, 0.2) is 60.7 Å². The Morgan fingerprint density at radius 1 is 1.02 bits per heavy atom. The molecule has 58 heavy (non-hydrogen) atoms. The first kappa shape index (κ1) is 46.0. The number of rotatable bonds is 26. The number of amides is 5. The predicted molar refractivity (Wildman–Crippen MR) is 239 cm³/mol. The maximum atomic E-state index is 13.5. The molecular formula is C41H61N11O4S2. The lowest BCUT2D eigenvalue weighted by Gasteiger charge is -2.27. The largest absolute Gasteiger partial charge is 0.368 e. The van der Waals surface area contributed by atoms with Crippen LogP contribution >= 0.6 is 24.0 Å². The first-order chi connectivity index (χ1) is 28.2. The molecule has 0 saturated carbocycles. The summed E-state index contributed by atoms with van der Waals surface area (Å²) in [7, 11) is 1.60. The molecule has 2 aliphatic rings. The third kappa shape index (κ3) is 15.2. The van der Waals surface area contributed by atoms with Crippen molar-refractivity contribution in [1.29, 1.82) is 0 Å². The number of thioether (sulfide) groups is 1. The van der Waals surface area contributed by atoms with E-state index in [0.29, 0.717) is 62.8 Å². The number of nitrogens with zero attached hydrogens (tertiary/aromatic N) is 4. The third-order valence-corrected chi connectivity index (χ3v) is 11.9. The molecule has 1 aromatic carbocycles. The van der Waals surface area contributed by atoms with E-state index in [0.717, 1.165) is 74.8 Å². The van der Waals surface area contributed by atoms with Gasteiger partial charge in [0.1, 0.15) is 18.1 Å². The predicted octanol–water partition coefficient (Wildman–Crippen LogP) is 5.47. The summed E-state index contributed by atoms with van der Waals surface area (Å²) < 4.78 is 0. The summed E-state index contributed by atoms with van der Waals surface area (Å²) in [6, 6.07) is 9.24. The number of para-hydroxylation sites is 1. The van der Waals surface area contributed by atoms with Gasteiger partial charge in [-0.2, -0.15) is 11.8 Å². The van der Waals surface area contributed by atoms with Crippen molar-refractivity contribution in [3.05, 3.63) is 60.7 Å². The highest BCUT2D eigenvalue weighted by Gasteiger charge is 2.33. The minimum absolute atomic E-state index is 0.00696. The molecule has 5 amide bonds. The number of fused-ring (bicyclic) bond motifs is 1. The number of thiocarbonyl (C=S) groups is 1. The van der Waals surface area contributed by atoms with Gasteiger partial charge < -0.3 is 47.4 Å². The van der Waals surface area contributed by atoms with E-state index >= 15 is 0 Å². The van der Waals surface area contributed by atoms with E-state index in [1.165, 1.54) is 11.7 Å². The van der Waals surface area contributed by atoms with Crippen LogP contribution < -0.4 is 37.6 Å². The molecule has 0 radical (unpaired) electrons. The molecule has 3 heterocycles. The zero-order chi connectivity index (χ0) is 41.5. The summed E-state index contributed by atoms with van der Waals surface area (Å²) >= 11 is 6.65. The van der Waals surface area contributed by atoms with Crippen molar-refractivity contribution >= 4 is 76.6 Å². The topological polar surface area (TPSA) is 199 Å². The standard InChI is InChI=1S/C41H61N11O4S2/c1-30(26-45-31-14-5-3-6-15-31)19-20-44-38-37-39(47-28-46-38)49-32(40(55)50-37)16-9-12-22-51(21-10-4-11-23-52(24-13-25-57)41(56)43-2)35(54)18-8-7-17-34-36(42)33(27-58-34)48-29-53/h3,5-6,13-15,24-26,28-29,32-34,36,45H,4,7-12,16-23,27,42H2,1-2H3,(H,43,56)(H,48,53)(H,50,55)(H2,44,46,47,49)/b24-13-,30-26+. The second kappa shape index (κ2) is 25.6. The zero-order valence-corrected chi connectivity index (χ0v) is 35.4. The maximum absolute atomic E-state index is 13.5. The lowest BCUT2D eigenvalue weighted by atomic mass is 10.0. The summed E-state index contributed by atoms with van der Waals surface area (Å²) in [6.45, 7) is 4.45. The van der Waals surface area contributed by atoms with E-state index < -0.39 is 6.04 Å². The van der Waals surface area contributed by atoms with Crippen molar-refractivity contribution in [2.45, 2.75) is 101 Å². The highest BCUT2D eigenvalue weighted by Crippen LogP contribution is 2.32. The summed E-state index contributed by atoms with van der Waals surface area (Å²) in [5, 5.41) is 20.2. The summed E-state index contributed by atoms with van der Waals surface area (Å²) in [4.78, 5) is 62.2. The van der Waals surface area contributed by atoms with Gasteiger partial charge in [0.2, 0.25) is 18.2 Å². The van der Waals surface area contributed by atoms with Crippen LogP contribution in [0, 0.1) is 0 Å². The number of carbonyl (C=O) groups is 4. The van der Waals surface area contributed by atoms with Crippen LogP contribution in [0.3, 0.4) is 0 Å². The van der Waals surface area contributed by atoms with E-state index in [4.69, 9.17) is 18.0 Å². The minimum atomic E-state index is -0.453. The Balaban J connectivity index is 1.24. The molecule has 2 aromatic rings. The fourth-order valence-corrected chi connectivity index (χ4v) is 8.48. The van der Waals surface area contributed by atoms with Gasteiger partial charge >= 0.3 is 6.03 Å². The number of carbonyl (C=O) groups excluding carboxylic acids is 4. The second-order valence-electron chi connectivity index (χ2n) is 14.6. The monoisotopic (exact) mass is 835 g/mol. The smallest absolute Gasteiger partial charge is 0.321 e. The molecule has 4 unspecified atom stereocenters. The number of benzene rings is 1. The Morgan fingerprint density at radius 2 is 1.78 bits per heavy atom. The van der Waals surface area contributed by atoms with Crippen molar-refractivity contribution in [2.75, 3.05) is 60.2 Å². The molecule has 8 N–H and O–H groups in total. The number of allylic oxidation sites excluding steroid dienone is 1. The van der Waals surface area contributed by atoms with Gasteiger partial charge in [0, 0.05) is 73.9 Å². The number of nitrogens with one attached hydrogen (secondary N) is 6. The Morgan fingerprint density at radius 3 is 2.53 bits per heavy atom. The third-order valence-electron chi connectivity index (χ3n) is 10.3. The van der Waals surface area contributed by atoms with Gasteiger partial charge in [0.25, 0.3) is 0 Å². The summed E-state index contributed by atoms with van der Waals surface area (Å²) in [6.07, 6.45) is 15.8. The number of hydrogen-bond donors (Lipinski definition) is 7. The molecule has 316 valence electrons. The number of anilines is 4. The van der Waals surface area contributed by atoms with Crippen LogP contribution in [0.5, 0.6) is 0 Å². The van der Waals surface area contributed by atoms with Crippen LogP contribution in [-0.4, -0.2) is 112 Å². The van der Waals surface area contributed by atoms with E-state index in [1.54, 1.807) is 36.0 Å². The van der Waals surface area contributed by atoms with Crippen LogP contribution in [0.1, 0.15) is 77.6 Å². The maximum Gasteiger partial charge on any atom is 0.321 e. The first-order valence-electron chi connectivity index (χ1n) is 20.3. The van der Waals surface area contributed by atoms with Gasteiger partial charge in [-0.3, -0.25) is 14.4 Å². The van der Waals surface area contributed by atoms with Gasteiger partial charge in [0.15, 0.2) is 11.6 Å². The normalized spacial score (nSPS) is 18.7. The van der Waals surface area contributed by atoms with Crippen LogP contribution in [0.4, 0.5) is 27.8 Å². The van der Waals surface area contributed by atoms with Crippen molar-refractivity contribution < 1.29 is 19.2 Å². The molecule has 4 atom stereocenters. The molecule has 4 rings (SSSR count). The number of hydrogen-bond acceptors (Lipinski definition) is 12. The lowest BCUT2D eigenvalue weighted by Crippen LogP contribution is -2.46. The van der Waals surface area contributed by atoms with Crippen molar-refractivity contribution in [2.24, 2.45) is 5.73 Å². The number of urea groups is 1. The van der Waals surface area contributed by atoms with E-state index in [2.05, 4.69) is 48.8 Å². The molecule has 1 fully saturated rings. The molecule has 0 bridgehead atoms. The number of aromatic nitrogens is 2. The van der Waals surface area contributed by atoms with Crippen LogP contribution in [0.25, 0.3) is 0 Å². The second-order valence-corrected chi connectivity index (χ2v) is 16.1. The van der Waals surface area contributed by atoms with E-state index in [-0.39, 0.29) is 35.2 Å². The van der Waals surface area contributed by atoms with Gasteiger partial charge in [-0.15, -0.1) is 0 Å². The Kier molecular flexibility index (Phi) is 20.3.